The van der Waals surface area contributed by atoms with E-state index in [9.17, 15) is 4.79 Å². The largest absolute Gasteiger partial charge is 0.325 e. The minimum Gasteiger partial charge on any atom is -0.303 e. The van der Waals surface area contributed by atoms with Crippen LogP contribution in [0.3, 0.4) is 0 Å². The minimum absolute atomic E-state index is 0.173. The summed E-state index contributed by atoms with van der Waals surface area (Å²) < 4.78 is 0. The summed E-state index contributed by atoms with van der Waals surface area (Å²) in [5.74, 6) is 0.610. The number of nitriles is 1. The van der Waals surface area contributed by atoms with Crippen molar-refractivity contribution >= 4 is 22.5 Å². The third kappa shape index (κ3) is 3.10. The Bertz CT molecular complexity index is 546. The standard InChI is InChI=1S/C14H19N5OS/c15-9-17-12-6-7-19(12)14(20)18-13-16-8-11(21-13)10-4-2-1-3-5-10/h8,10,12,17H,1-7H2,(H,16,18,20). The number of amides is 2. The second-order valence-corrected chi connectivity index (χ2v) is 6.65. The van der Waals surface area contributed by atoms with E-state index in [4.69, 9.17) is 5.26 Å². The molecule has 6 nitrogen and oxygen atoms in total. The second-order valence-electron chi connectivity index (χ2n) is 5.59. The number of urea groups is 1. The van der Waals surface area contributed by atoms with E-state index in [-0.39, 0.29) is 12.2 Å². The molecule has 2 fully saturated rings. The molecule has 1 aromatic rings. The molecule has 1 aromatic heterocycles. The van der Waals surface area contributed by atoms with Crippen LogP contribution >= 0.6 is 11.3 Å². The smallest absolute Gasteiger partial charge is 0.303 e. The number of thiazole rings is 1. The van der Waals surface area contributed by atoms with Gasteiger partial charge in [-0.2, -0.15) is 5.26 Å². The third-order valence-electron chi connectivity index (χ3n) is 4.26. The number of aromatic nitrogens is 1. The lowest BCUT2D eigenvalue weighted by molar-refractivity contribution is 0.114. The summed E-state index contributed by atoms with van der Waals surface area (Å²) in [5, 5.41) is 14.7. The number of nitrogens with one attached hydrogen (secondary N) is 2. The molecule has 2 aliphatic rings. The molecule has 1 saturated heterocycles. The molecule has 112 valence electrons. The van der Waals surface area contributed by atoms with Gasteiger partial charge in [0.05, 0.1) is 0 Å². The topological polar surface area (TPSA) is 81.0 Å². The van der Waals surface area contributed by atoms with Gasteiger partial charge in [-0.15, -0.1) is 11.3 Å². The van der Waals surface area contributed by atoms with Gasteiger partial charge in [-0.3, -0.25) is 5.32 Å². The molecule has 2 N–H and O–H groups in total. The Labute approximate surface area is 128 Å². The Morgan fingerprint density at radius 3 is 2.86 bits per heavy atom. The Morgan fingerprint density at radius 1 is 1.38 bits per heavy atom. The van der Waals surface area contributed by atoms with Gasteiger partial charge in [0.15, 0.2) is 11.3 Å². The number of rotatable bonds is 3. The molecular weight excluding hydrogens is 286 g/mol. The van der Waals surface area contributed by atoms with Crippen LogP contribution in [0.15, 0.2) is 6.20 Å². The first-order valence-electron chi connectivity index (χ1n) is 7.46. The fourth-order valence-electron chi connectivity index (χ4n) is 2.94. The molecule has 1 unspecified atom stereocenters. The first-order valence-corrected chi connectivity index (χ1v) is 8.27. The number of likely N-dealkylation sites (tertiary alicyclic amines) is 1. The van der Waals surface area contributed by atoms with E-state index in [0.29, 0.717) is 17.6 Å². The Morgan fingerprint density at radius 2 is 2.19 bits per heavy atom. The molecule has 2 amide bonds. The zero-order chi connectivity index (χ0) is 14.7. The van der Waals surface area contributed by atoms with Crippen molar-refractivity contribution in [3.63, 3.8) is 0 Å². The summed E-state index contributed by atoms with van der Waals surface area (Å²) in [5.41, 5.74) is 0. The Balaban J connectivity index is 1.57. The molecule has 0 spiro atoms. The van der Waals surface area contributed by atoms with Crippen molar-refractivity contribution < 1.29 is 4.79 Å². The van der Waals surface area contributed by atoms with E-state index in [1.54, 1.807) is 16.2 Å². The van der Waals surface area contributed by atoms with E-state index in [0.717, 1.165) is 6.42 Å². The van der Waals surface area contributed by atoms with Crippen molar-refractivity contribution in [1.82, 2.24) is 15.2 Å². The van der Waals surface area contributed by atoms with E-state index in [1.165, 1.54) is 37.0 Å². The van der Waals surface area contributed by atoms with E-state index >= 15 is 0 Å². The van der Waals surface area contributed by atoms with Crippen LogP contribution in [-0.2, 0) is 0 Å². The van der Waals surface area contributed by atoms with Gasteiger partial charge in [-0.25, -0.2) is 9.78 Å². The number of anilines is 1. The van der Waals surface area contributed by atoms with Crippen molar-refractivity contribution in [3.05, 3.63) is 11.1 Å². The monoisotopic (exact) mass is 305 g/mol. The second kappa shape index (κ2) is 6.31. The maximum Gasteiger partial charge on any atom is 0.325 e. The van der Waals surface area contributed by atoms with Gasteiger partial charge < -0.3 is 10.2 Å². The fourth-order valence-corrected chi connectivity index (χ4v) is 3.91. The van der Waals surface area contributed by atoms with Gasteiger partial charge in [-0.05, 0) is 18.8 Å². The van der Waals surface area contributed by atoms with Crippen molar-refractivity contribution in [3.8, 4) is 6.19 Å². The molecular formula is C14H19N5OS. The van der Waals surface area contributed by atoms with Crippen molar-refractivity contribution in [2.75, 3.05) is 11.9 Å². The van der Waals surface area contributed by atoms with Crippen LogP contribution in [0, 0.1) is 11.5 Å². The maximum absolute atomic E-state index is 12.1. The van der Waals surface area contributed by atoms with Crippen LogP contribution in [0.2, 0.25) is 0 Å². The highest BCUT2D eigenvalue weighted by molar-refractivity contribution is 7.15. The lowest BCUT2D eigenvalue weighted by Crippen LogP contribution is -2.58. The van der Waals surface area contributed by atoms with E-state index in [2.05, 4.69) is 15.6 Å². The predicted molar refractivity (Wildman–Crippen MR) is 80.8 cm³/mol. The van der Waals surface area contributed by atoms with E-state index in [1.807, 2.05) is 12.4 Å². The molecule has 1 atom stereocenters. The van der Waals surface area contributed by atoms with Crippen LogP contribution in [-0.4, -0.2) is 28.6 Å². The third-order valence-corrected chi connectivity index (χ3v) is 5.33. The molecule has 0 radical (unpaired) electrons. The zero-order valence-corrected chi connectivity index (χ0v) is 12.7. The fraction of sp³-hybridized carbons (Fsp3) is 0.643. The van der Waals surface area contributed by atoms with Crippen molar-refractivity contribution in [2.45, 2.75) is 50.6 Å². The first-order chi connectivity index (χ1) is 10.3. The van der Waals surface area contributed by atoms with Crippen LogP contribution < -0.4 is 10.6 Å². The molecule has 1 aliphatic carbocycles. The number of carbonyl (C=O) groups excluding carboxylic acids is 1. The average molecular weight is 305 g/mol. The predicted octanol–water partition coefficient (Wildman–Crippen LogP) is 2.83. The highest BCUT2D eigenvalue weighted by atomic mass is 32.1. The highest BCUT2D eigenvalue weighted by Gasteiger charge is 2.32. The number of carbonyl (C=O) groups is 1. The zero-order valence-electron chi connectivity index (χ0n) is 11.8. The lowest BCUT2D eigenvalue weighted by atomic mass is 9.89. The van der Waals surface area contributed by atoms with Gasteiger partial charge in [0, 0.05) is 24.0 Å². The van der Waals surface area contributed by atoms with Crippen LogP contribution in [0.4, 0.5) is 9.93 Å². The SMILES string of the molecule is N#CNC1CCN1C(=O)Nc1ncc(C2CCCCC2)s1. The summed E-state index contributed by atoms with van der Waals surface area (Å²) >= 11 is 1.58. The number of hydrogen-bond donors (Lipinski definition) is 2. The summed E-state index contributed by atoms with van der Waals surface area (Å²) in [6.07, 6.45) is 10.8. The average Bonchev–Trinajstić information content (AvgIpc) is 2.93. The molecule has 1 saturated carbocycles. The number of nitrogens with zero attached hydrogens (tertiary/aromatic N) is 3. The van der Waals surface area contributed by atoms with Crippen LogP contribution in [0.5, 0.6) is 0 Å². The van der Waals surface area contributed by atoms with Gasteiger partial charge >= 0.3 is 6.03 Å². The van der Waals surface area contributed by atoms with Crippen molar-refractivity contribution in [1.29, 1.82) is 5.26 Å². The van der Waals surface area contributed by atoms with Gasteiger partial charge in [0.2, 0.25) is 0 Å². The number of hydrogen-bond acceptors (Lipinski definition) is 5. The summed E-state index contributed by atoms with van der Waals surface area (Å²) in [7, 11) is 0. The minimum atomic E-state index is -0.182. The highest BCUT2D eigenvalue weighted by Crippen LogP contribution is 2.36. The molecule has 21 heavy (non-hydrogen) atoms. The van der Waals surface area contributed by atoms with Gasteiger partial charge in [-0.1, -0.05) is 19.3 Å². The van der Waals surface area contributed by atoms with Crippen LogP contribution in [0.1, 0.15) is 49.3 Å². The van der Waals surface area contributed by atoms with Crippen molar-refractivity contribution in [2.24, 2.45) is 0 Å². The Kier molecular flexibility index (Phi) is 4.25. The van der Waals surface area contributed by atoms with Crippen LogP contribution in [0.25, 0.3) is 0 Å². The molecule has 7 heteroatoms. The molecule has 1 aliphatic heterocycles. The first kappa shape index (κ1) is 14.1. The molecule has 3 rings (SSSR count). The summed E-state index contributed by atoms with van der Waals surface area (Å²) in [6, 6.07) is -0.182. The molecule has 0 bridgehead atoms. The quantitative estimate of drug-likeness (QED) is 0.664. The van der Waals surface area contributed by atoms with Gasteiger partial charge in [0.1, 0.15) is 6.17 Å². The molecule has 0 aromatic carbocycles. The normalized spacial score (nSPS) is 22.2. The van der Waals surface area contributed by atoms with Gasteiger partial charge in [0.25, 0.3) is 0 Å². The maximum atomic E-state index is 12.1. The summed E-state index contributed by atoms with van der Waals surface area (Å²) in [4.78, 5) is 19.3. The lowest BCUT2D eigenvalue weighted by Gasteiger charge is -2.39. The Hall–Kier alpha value is -1.81. The van der Waals surface area contributed by atoms with E-state index < -0.39 is 0 Å². The molecule has 2 heterocycles. The summed E-state index contributed by atoms with van der Waals surface area (Å²) in [6.45, 7) is 0.673.